The minimum Gasteiger partial charge on any atom is -0.365 e. The highest BCUT2D eigenvalue weighted by Crippen LogP contribution is 2.31. The molecule has 1 fully saturated rings. The molecule has 2 aliphatic rings. The predicted molar refractivity (Wildman–Crippen MR) is 126 cm³/mol. The van der Waals surface area contributed by atoms with Gasteiger partial charge < -0.3 is 16.0 Å². The molecule has 2 aromatic rings. The van der Waals surface area contributed by atoms with Gasteiger partial charge in [0.25, 0.3) is 5.91 Å². The summed E-state index contributed by atoms with van der Waals surface area (Å²) in [7, 11) is 3.75. The van der Waals surface area contributed by atoms with E-state index in [1.807, 2.05) is 19.0 Å². The Labute approximate surface area is 192 Å². The Hall–Kier alpha value is -3.27. The summed E-state index contributed by atoms with van der Waals surface area (Å²) in [6.07, 6.45) is 9.71. The fourth-order valence-electron chi connectivity index (χ4n) is 4.61. The Morgan fingerprint density at radius 2 is 2.03 bits per heavy atom. The zero-order valence-corrected chi connectivity index (χ0v) is 18.9. The Morgan fingerprint density at radius 3 is 2.76 bits per heavy atom. The molecule has 3 heterocycles. The number of aromatic nitrogens is 3. The first-order valence-electron chi connectivity index (χ1n) is 11.2. The van der Waals surface area contributed by atoms with Gasteiger partial charge in [-0.15, -0.1) is 0 Å². The lowest BCUT2D eigenvalue weighted by Gasteiger charge is -2.38. The summed E-state index contributed by atoms with van der Waals surface area (Å²) in [5.74, 6) is -0.478. The molecule has 1 saturated carbocycles. The summed E-state index contributed by atoms with van der Waals surface area (Å²) in [5, 5.41) is 3.33. The molecule has 9 nitrogen and oxygen atoms in total. The van der Waals surface area contributed by atoms with Crippen LogP contribution in [0, 0.1) is 5.82 Å². The number of anilines is 1. The lowest BCUT2D eigenvalue weighted by atomic mass is 9.89. The largest absolute Gasteiger partial charge is 0.365 e. The molecule has 0 bridgehead atoms. The molecule has 33 heavy (non-hydrogen) atoms. The number of carbonyl (C=O) groups is 1. The van der Waals surface area contributed by atoms with E-state index in [9.17, 15) is 4.79 Å². The molecule has 3 unspecified atom stereocenters. The minimum atomic E-state index is -0.781. The molecular formula is C23H29FN8O. The van der Waals surface area contributed by atoms with Crippen molar-refractivity contribution in [3.05, 3.63) is 41.7 Å². The van der Waals surface area contributed by atoms with Gasteiger partial charge in [0.15, 0.2) is 17.5 Å². The lowest BCUT2D eigenvalue weighted by molar-refractivity contribution is 0.1000. The first-order valence-corrected chi connectivity index (χ1v) is 11.2. The zero-order chi connectivity index (χ0) is 23.4. The van der Waals surface area contributed by atoms with E-state index in [0.29, 0.717) is 24.5 Å². The van der Waals surface area contributed by atoms with Crippen molar-refractivity contribution < 1.29 is 9.18 Å². The first-order chi connectivity index (χ1) is 16.0. The molecule has 4 rings (SSSR count). The average molecular weight is 453 g/mol. The van der Waals surface area contributed by atoms with Crippen LogP contribution in [0.1, 0.15) is 54.2 Å². The summed E-state index contributed by atoms with van der Waals surface area (Å²) in [6, 6.07) is 3.21. The van der Waals surface area contributed by atoms with Crippen molar-refractivity contribution >= 4 is 29.5 Å². The van der Waals surface area contributed by atoms with Crippen LogP contribution in [0.25, 0.3) is 0 Å². The number of nitrogens with zero attached hydrogens (tertiary/aromatic N) is 6. The van der Waals surface area contributed by atoms with Crippen LogP contribution in [-0.2, 0) is 0 Å². The molecule has 0 spiro atoms. The summed E-state index contributed by atoms with van der Waals surface area (Å²) in [6.45, 7) is 0.545. The SMILES string of the molecule is CNC1CCCCC1N(C)c1nc(N=C2C=NCC(c3ncccn3)C2)c(C(N)=O)cc1F. The van der Waals surface area contributed by atoms with Crippen molar-refractivity contribution in [2.24, 2.45) is 15.7 Å². The highest BCUT2D eigenvalue weighted by Gasteiger charge is 2.30. The molecule has 1 aliphatic carbocycles. The lowest BCUT2D eigenvalue weighted by Crippen LogP contribution is -2.50. The van der Waals surface area contributed by atoms with E-state index in [-0.39, 0.29) is 35.2 Å². The molecular weight excluding hydrogens is 423 g/mol. The van der Waals surface area contributed by atoms with E-state index < -0.39 is 11.7 Å². The van der Waals surface area contributed by atoms with E-state index in [4.69, 9.17) is 5.73 Å². The van der Waals surface area contributed by atoms with Gasteiger partial charge in [0.2, 0.25) is 0 Å². The van der Waals surface area contributed by atoms with Gasteiger partial charge in [-0.2, -0.15) is 0 Å². The molecule has 2 aromatic heterocycles. The third-order valence-corrected chi connectivity index (χ3v) is 6.36. The van der Waals surface area contributed by atoms with Gasteiger partial charge in [-0.05, 0) is 32.0 Å². The molecule has 1 amide bonds. The van der Waals surface area contributed by atoms with Crippen molar-refractivity contribution in [2.45, 2.75) is 50.1 Å². The van der Waals surface area contributed by atoms with Crippen LogP contribution < -0.4 is 16.0 Å². The highest BCUT2D eigenvalue weighted by atomic mass is 19.1. The highest BCUT2D eigenvalue weighted by molar-refractivity contribution is 6.32. The van der Waals surface area contributed by atoms with Gasteiger partial charge in [0, 0.05) is 56.6 Å². The van der Waals surface area contributed by atoms with Gasteiger partial charge in [-0.1, -0.05) is 12.8 Å². The van der Waals surface area contributed by atoms with Gasteiger partial charge in [-0.25, -0.2) is 24.3 Å². The molecule has 3 N–H and O–H groups in total. The maximum atomic E-state index is 15.1. The minimum absolute atomic E-state index is 0.0341. The van der Waals surface area contributed by atoms with Gasteiger partial charge in [0.1, 0.15) is 5.82 Å². The second-order valence-electron chi connectivity index (χ2n) is 8.49. The Bertz CT molecular complexity index is 1060. The number of hydrogen-bond donors (Lipinski definition) is 2. The number of rotatable bonds is 6. The summed E-state index contributed by atoms with van der Waals surface area (Å²) in [5.41, 5.74) is 6.08. The Morgan fingerprint density at radius 1 is 1.27 bits per heavy atom. The third-order valence-electron chi connectivity index (χ3n) is 6.36. The van der Waals surface area contributed by atoms with Crippen molar-refractivity contribution in [3.8, 4) is 0 Å². The number of hydrogen-bond acceptors (Lipinski definition) is 8. The average Bonchev–Trinajstić information content (AvgIpc) is 2.85. The standard InChI is InChI=1S/C23H29FN8O/c1-26-18-6-3-4-7-19(18)32(2)23-17(24)11-16(20(25)33)22(31-23)30-15-10-14(12-27-13-15)21-28-8-5-9-29-21/h5,8-9,11,13-14,18-19,26H,3-4,6-7,10,12H2,1-2H3,(H2,25,33). The summed E-state index contributed by atoms with van der Waals surface area (Å²) in [4.78, 5) is 36.0. The van der Waals surface area contributed by atoms with E-state index in [1.165, 1.54) is 0 Å². The maximum absolute atomic E-state index is 15.1. The predicted octanol–water partition coefficient (Wildman–Crippen LogP) is 2.41. The summed E-state index contributed by atoms with van der Waals surface area (Å²) >= 11 is 0. The third kappa shape index (κ3) is 5.05. The topological polar surface area (TPSA) is 122 Å². The first kappa shape index (κ1) is 22.9. The summed E-state index contributed by atoms with van der Waals surface area (Å²) < 4.78 is 15.1. The van der Waals surface area contributed by atoms with Crippen molar-refractivity contribution in [1.29, 1.82) is 0 Å². The second-order valence-corrected chi connectivity index (χ2v) is 8.49. The fraction of sp³-hybridized carbons (Fsp3) is 0.478. The van der Waals surface area contributed by atoms with Gasteiger partial charge >= 0.3 is 0 Å². The second kappa shape index (κ2) is 10.1. The van der Waals surface area contributed by atoms with E-state index in [2.05, 4.69) is 30.3 Å². The van der Waals surface area contributed by atoms with Crippen LogP contribution in [0.5, 0.6) is 0 Å². The normalized spacial score (nSPS) is 24.1. The van der Waals surface area contributed by atoms with Crippen LogP contribution >= 0.6 is 0 Å². The fourth-order valence-corrected chi connectivity index (χ4v) is 4.61. The number of aliphatic imine (C=N–C) groups is 2. The Kier molecular flexibility index (Phi) is 7.02. The van der Waals surface area contributed by atoms with Gasteiger partial charge in [0.05, 0.1) is 11.3 Å². The van der Waals surface area contributed by atoms with Crippen molar-refractivity contribution in [3.63, 3.8) is 0 Å². The number of pyridine rings is 1. The number of nitrogens with two attached hydrogens (primary N) is 1. The monoisotopic (exact) mass is 452 g/mol. The molecule has 1 aliphatic heterocycles. The van der Waals surface area contributed by atoms with E-state index in [0.717, 1.165) is 31.7 Å². The number of likely N-dealkylation sites (N-methyl/N-ethyl adjacent to an activating group) is 2. The zero-order valence-electron chi connectivity index (χ0n) is 18.9. The van der Waals surface area contributed by atoms with Crippen LogP contribution in [0.3, 0.4) is 0 Å². The number of carbonyl (C=O) groups excluding carboxylic acids is 1. The molecule has 0 aromatic carbocycles. The van der Waals surface area contributed by atoms with E-state index >= 15 is 4.39 Å². The molecule has 0 saturated heterocycles. The molecule has 174 valence electrons. The number of halogens is 1. The maximum Gasteiger partial charge on any atom is 0.252 e. The van der Waals surface area contributed by atoms with E-state index in [1.54, 1.807) is 24.7 Å². The Balaban J connectivity index is 1.68. The number of amides is 1. The van der Waals surface area contributed by atoms with Crippen LogP contribution in [0.2, 0.25) is 0 Å². The molecule has 3 atom stereocenters. The van der Waals surface area contributed by atoms with Crippen LogP contribution in [-0.4, -0.2) is 65.5 Å². The van der Waals surface area contributed by atoms with Crippen molar-refractivity contribution in [2.75, 3.05) is 25.5 Å². The number of primary amides is 1. The smallest absolute Gasteiger partial charge is 0.252 e. The van der Waals surface area contributed by atoms with Crippen molar-refractivity contribution in [1.82, 2.24) is 20.3 Å². The molecule has 0 radical (unpaired) electrons. The van der Waals surface area contributed by atoms with Crippen LogP contribution in [0.4, 0.5) is 16.0 Å². The van der Waals surface area contributed by atoms with Gasteiger partial charge in [-0.3, -0.25) is 9.79 Å². The quantitative estimate of drug-likeness (QED) is 0.694. The number of nitrogens with one attached hydrogen (secondary N) is 1. The van der Waals surface area contributed by atoms with Crippen LogP contribution in [0.15, 0.2) is 34.5 Å². The molecule has 10 heteroatoms.